The second kappa shape index (κ2) is 33.7. The van der Waals surface area contributed by atoms with Crippen LogP contribution in [0.3, 0.4) is 0 Å². The predicted molar refractivity (Wildman–Crippen MR) is 620 cm³/mol. The van der Waals surface area contributed by atoms with Gasteiger partial charge in [-0.3, -0.25) is 0 Å². The monoisotopic (exact) mass is 1890 g/mol. The van der Waals surface area contributed by atoms with Gasteiger partial charge in [-0.1, -0.05) is 322 Å². The molecule has 0 aliphatic carbocycles. The van der Waals surface area contributed by atoms with Gasteiger partial charge in [0.05, 0.1) is 87.7 Å². The molecular formula is C138H86N6O2S. The fourth-order valence-electron chi connectivity index (χ4n) is 23.7. The second-order valence-electron chi connectivity index (χ2n) is 38.4. The number of fused-ring (bicyclic) bond motifs is 27. The number of furan rings is 2. The van der Waals surface area contributed by atoms with Crippen molar-refractivity contribution in [3.8, 4) is 89.8 Å². The zero-order valence-electron chi connectivity index (χ0n) is 79.6. The molecular weight excluding hydrogens is 1810 g/mol. The van der Waals surface area contributed by atoms with E-state index in [1.165, 1.54) is 218 Å². The Hall–Kier alpha value is -19.3. The molecule has 0 aliphatic heterocycles. The minimum Gasteiger partial charge on any atom is -0.456 e. The summed E-state index contributed by atoms with van der Waals surface area (Å²) in [6.45, 7) is 0. The quantitative estimate of drug-likeness (QED) is 0.130. The van der Waals surface area contributed by atoms with Crippen molar-refractivity contribution in [3.63, 3.8) is 0 Å². The first-order valence-electron chi connectivity index (χ1n) is 50.2. The maximum absolute atomic E-state index is 6.30. The Balaban J connectivity index is 0.000000102. The van der Waals surface area contributed by atoms with Crippen molar-refractivity contribution in [3.05, 3.63) is 522 Å². The lowest BCUT2D eigenvalue weighted by molar-refractivity contribution is 0.668. The average Bonchev–Trinajstić information content (AvgIpc) is 1.57. The van der Waals surface area contributed by atoms with Crippen LogP contribution in [0.1, 0.15) is 0 Å². The second-order valence-corrected chi connectivity index (χ2v) is 39.5. The van der Waals surface area contributed by atoms with E-state index in [1.54, 1.807) is 0 Å². The summed E-state index contributed by atoms with van der Waals surface area (Å²) in [5.41, 5.74) is 37.2. The van der Waals surface area contributed by atoms with Gasteiger partial charge in [-0.05, 0) is 256 Å². The van der Waals surface area contributed by atoms with Crippen molar-refractivity contribution in [2.75, 3.05) is 0 Å². The molecule has 686 valence electrons. The molecule has 23 aromatic carbocycles. The Kier molecular flexibility index (Phi) is 19.1. The summed E-state index contributed by atoms with van der Waals surface area (Å²) in [6.07, 6.45) is 0. The highest BCUT2D eigenvalue weighted by Crippen LogP contribution is 2.48. The molecule has 9 heteroatoms. The van der Waals surface area contributed by atoms with Crippen molar-refractivity contribution >= 4 is 206 Å². The van der Waals surface area contributed by atoms with Gasteiger partial charge in [0.2, 0.25) is 0 Å². The molecule has 0 atom stereocenters. The molecule has 9 aromatic heterocycles. The van der Waals surface area contributed by atoms with Crippen LogP contribution in [0.2, 0.25) is 0 Å². The van der Waals surface area contributed by atoms with Crippen molar-refractivity contribution in [1.82, 2.24) is 27.4 Å². The van der Waals surface area contributed by atoms with Crippen LogP contribution in [0, 0.1) is 0 Å². The third kappa shape index (κ3) is 13.4. The van der Waals surface area contributed by atoms with Gasteiger partial charge in [0.1, 0.15) is 22.3 Å². The van der Waals surface area contributed by atoms with Crippen LogP contribution in [0.25, 0.3) is 285 Å². The van der Waals surface area contributed by atoms with Crippen LogP contribution in [-0.4, -0.2) is 27.4 Å². The molecule has 0 radical (unpaired) electrons. The molecule has 0 spiro atoms. The third-order valence-electron chi connectivity index (χ3n) is 30.4. The van der Waals surface area contributed by atoms with Gasteiger partial charge in [0.15, 0.2) is 0 Å². The van der Waals surface area contributed by atoms with Crippen LogP contribution >= 0.6 is 11.3 Å². The molecule has 0 aliphatic rings. The molecule has 0 amide bonds. The topological polar surface area (TPSA) is 55.9 Å². The minimum absolute atomic E-state index is 0.899. The van der Waals surface area contributed by atoms with E-state index in [1.807, 2.05) is 35.6 Å². The first-order chi connectivity index (χ1) is 72.9. The van der Waals surface area contributed by atoms with Crippen LogP contribution in [-0.2, 0) is 0 Å². The number of para-hydroxylation sites is 9. The standard InChI is InChI=1S/2C48H30N2O.C42H26N2S/c1-2-11-31(12-3-1)32-21-25-35(26-22-32)49-41-16-7-4-13-36(41)39-29-33(23-27-43(39)49)34-24-28-44-40(30-34)37-14-5-8-17-42(37)50(44)45-18-10-20-47-48(45)38-15-6-9-19-46(38)51-47;1-2-10-31(11-3-1)32-18-22-35(23-19-32)49-43-15-7-4-12-37(43)40-28-33(20-25-45(40)49)34-21-26-46-41(29-34)38-13-5-8-16-44(38)50(46)36-24-27-48-42(30-36)39-14-6-9-17-47(39)51-48;1-2-11-29(12-3-1)43-36-17-7-4-13-30(36)34-25-27(21-23-38(34)43)28-22-24-39-35(26-28)31-14-5-8-18-37(31)44(39)40-19-10-16-33-32-15-6-9-20-41(32)45-42(33)40/h2*1-30H;1-26H. The Labute approximate surface area is 847 Å². The molecule has 0 saturated carbocycles. The maximum atomic E-state index is 6.30. The van der Waals surface area contributed by atoms with Crippen LogP contribution in [0.15, 0.2) is 531 Å². The van der Waals surface area contributed by atoms with Gasteiger partial charge in [0, 0.05) is 119 Å². The number of nitrogens with zero attached hydrogens (tertiary/aromatic N) is 6. The van der Waals surface area contributed by atoms with Crippen molar-refractivity contribution in [2.45, 2.75) is 0 Å². The normalized spacial score (nSPS) is 11.9. The molecule has 9 heterocycles. The van der Waals surface area contributed by atoms with Gasteiger partial charge in [-0.15, -0.1) is 11.3 Å². The van der Waals surface area contributed by atoms with E-state index in [0.717, 1.165) is 66.6 Å². The molecule has 8 nitrogen and oxygen atoms in total. The largest absolute Gasteiger partial charge is 0.456 e. The summed E-state index contributed by atoms with van der Waals surface area (Å²) in [4.78, 5) is 0. The highest BCUT2D eigenvalue weighted by atomic mass is 32.1. The number of thiophene rings is 1. The van der Waals surface area contributed by atoms with E-state index in [-0.39, 0.29) is 0 Å². The van der Waals surface area contributed by atoms with Crippen molar-refractivity contribution in [2.24, 2.45) is 0 Å². The molecule has 0 unspecified atom stereocenters. The fourth-order valence-corrected chi connectivity index (χ4v) is 24.9. The SMILES string of the molecule is c1ccc(-c2ccc(-n3c4ccccc4c4cc(-c5ccc6c(c5)c5ccccc5n6-c5ccc6oc7ccccc7c6c5)ccc43)cc2)cc1.c1ccc(-c2ccc(-n3c4ccccc4c4cc(-c5ccc6c(c5)c5ccccc5n6-c5cccc6oc7ccccc7c56)ccc43)cc2)cc1.c1ccc(-n2c3ccccc3c3cc(-c4ccc5c(c4)c4ccccc4n5-c4cccc5c4sc4ccccc45)ccc32)cc1. The fraction of sp³-hybridized carbons (Fsp3) is 0. The lowest BCUT2D eigenvalue weighted by Gasteiger charge is -2.11. The molecule has 0 N–H and O–H groups in total. The predicted octanol–water partition coefficient (Wildman–Crippen LogP) is 38.1. The van der Waals surface area contributed by atoms with Crippen molar-refractivity contribution in [1.29, 1.82) is 0 Å². The number of aromatic nitrogens is 6. The third-order valence-corrected chi connectivity index (χ3v) is 31.6. The van der Waals surface area contributed by atoms with Crippen LogP contribution in [0.5, 0.6) is 0 Å². The number of hydrogen-bond acceptors (Lipinski definition) is 3. The van der Waals surface area contributed by atoms with Crippen LogP contribution in [0.4, 0.5) is 0 Å². The first kappa shape index (κ1) is 83.5. The molecule has 0 bridgehead atoms. The summed E-state index contributed by atoms with van der Waals surface area (Å²) in [6, 6.07) is 189. The number of hydrogen-bond donors (Lipinski definition) is 0. The highest BCUT2D eigenvalue weighted by Gasteiger charge is 2.26. The van der Waals surface area contributed by atoms with E-state index < -0.39 is 0 Å². The highest BCUT2D eigenvalue weighted by molar-refractivity contribution is 7.26. The molecule has 32 rings (SSSR count). The van der Waals surface area contributed by atoms with Gasteiger partial charge in [-0.2, -0.15) is 0 Å². The van der Waals surface area contributed by atoms with Crippen molar-refractivity contribution < 1.29 is 8.83 Å². The summed E-state index contributed by atoms with van der Waals surface area (Å²) in [5.74, 6) is 0. The van der Waals surface area contributed by atoms with E-state index >= 15 is 0 Å². The molecule has 0 saturated heterocycles. The van der Waals surface area contributed by atoms with Gasteiger partial charge >= 0.3 is 0 Å². The average molecular weight is 1890 g/mol. The first-order valence-corrected chi connectivity index (χ1v) is 51.0. The van der Waals surface area contributed by atoms with Gasteiger partial charge in [-0.25, -0.2) is 0 Å². The van der Waals surface area contributed by atoms with E-state index in [4.69, 9.17) is 8.83 Å². The maximum Gasteiger partial charge on any atom is 0.137 e. The zero-order valence-corrected chi connectivity index (χ0v) is 80.4. The molecule has 32 aromatic rings. The van der Waals surface area contributed by atoms with Gasteiger partial charge < -0.3 is 36.2 Å². The Morgan fingerprint density at radius 2 is 0.401 bits per heavy atom. The lowest BCUT2D eigenvalue weighted by Crippen LogP contribution is -1.94. The number of benzene rings is 23. The zero-order chi connectivity index (χ0) is 96.4. The molecule has 0 fully saturated rings. The minimum atomic E-state index is 0.899. The Morgan fingerprint density at radius 1 is 0.136 bits per heavy atom. The summed E-state index contributed by atoms with van der Waals surface area (Å²) in [7, 11) is 0. The van der Waals surface area contributed by atoms with E-state index in [9.17, 15) is 0 Å². The molecule has 147 heavy (non-hydrogen) atoms. The summed E-state index contributed by atoms with van der Waals surface area (Å²) >= 11 is 1.88. The number of rotatable bonds is 11. The van der Waals surface area contributed by atoms with Crippen LogP contribution < -0.4 is 0 Å². The summed E-state index contributed by atoms with van der Waals surface area (Å²) < 4.78 is 29.5. The van der Waals surface area contributed by atoms with E-state index in [0.29, 0.717) is 0 Å². The Bertz CT molecular complexity index is 11000. The lowest BCUT2D eigenvalue weighted by atomic mass is 10.0. The van der Waals surface area contributed by atoms with E-state index in [2.05, 4.69) is 525 Å². The van der Waals surface area contributed by atoms with Gasteiger partial charge in [0.25, 0.3) is 0 Å². The summed E-state index contributed by atoms with van der Waals surface area (Å²) in [5, 5.41) is 22.2. The Morgan fingerprint density at radius 3 is 0.830 bits per heavy atom. The smallest absolute Gasteiger partial charge is 0.137 e.